The van der Waals surface area contributed by atoms with E-state index >= 15 is 0 Å². The van der Waals surface area contributed by atoms with Crippen LogP contribution in [-0.4, -0.2) is 39.3 Å². The first-order chi connectivity index (χ1) is 10.2. The molecule has 0 radical (unpaired) electrons. The molecule has 1 aromatic heterocycles. The molecule has 5 nitrogen and oxygen atoms in total. The molecule has 1 saturated carbocycles. The van der Waals surface area contributed by atoms with Gasteiger partial charge in [0.25, 0.3) is 0 Å². The van der Waals surface area contributed by atoms with Crippen molar-refractivity contribution in [3.05, 3.63) is 23.9 Å². The third-order valence-electron chi connectivity index (χ3n) is 5.01. The van der Waals surface area contributed by atoms with Crippen LogP contribution in [0.2, 0.25) is 0 Å². The van der Waals surface area contributed by atoms with Crippen molar-refractivity contribution in [3.8, 4) is 5.88 Å². The van der Waals surface area contributed by atoms with Gasteiger partial charge in [-0.15, -0.1) is 0 Å². The molecule has 3 aliphatic rings. The zero-order valence-corrected chi connectivity index (χ0v) is 11.9. The first kappa shape index (κ1) is 12.9. The van der Waals surface area contributed by atoms with E-state index in [0.717, 1.165) is 25.7 Å². The van der Waals surface area contributed by atoms with E-state index in [1.54, 1.807) is 4.90 Å². The Kier molecular flexibility index (Phi) is 3.01. The van der Waals surface area contributed by atoms with E-state index in [1.165, 1.54) is 18.4 Å². The fourth-order valence-corrected chi connectivity index (χ4v) is 3.87. The number of aromatic nitrogens is 1. The number of piperidine rings is 1. The van der Waals surface area contributed by atoms with Crippen molar-refractivity contribution in [2.24, 2.45) is 0 Å². The van der Waals surface area contributed by atoms with Crippen LogP contribution in [0.1, 0.15) is 50.0 Å². The number of carbonyl (C=O) groups is 1. The highest BCUT2D eigenvalue weighted by molar-refractivity contribution is 5.66. The summed E-state index contributed by atoms with van der Waals surface area (Å²) in [7, 11) is 0. The molecular formula is C16H20N2O3. The fraction of sp³-hybridized carbons (Fsp3) is 0.625. The number of hydrogen-bond acceptors (Lipinski definition) is 3. The number of rotatable bonds is 3. The monoisotopic (exact) mass is 288 g/mol. The summed E-state index contributed by atoms with van der Waals surface area (Å²) in [5.41, 5.74) is 1.32. The average Bonchev–Trinajstić information content (AvgIpc) is 3.25. The van der Waals surface area contributed by atoms with Gasteiger partial charge in [0.05, 0.1) is 0 Å². The summed E-state index contributed by atoms with van der Waals surface area (Å²) in [6.45, 7) is 0. The van der Waals surface area contributed by atoms with Crippen molar-refractivity contribution >= 4 is 6.09 Å². The third-order valence-corrected chi connectivity index (χ3v) is 5.01. The van der Waals surface area contributed by atoms with Crippen LogP contribution in [-0.2, 0) is 0 Å². The average molecular weight is 288 g/mol. The zero-order valence-electron chi connectivity index (χ0n) is 11.9. The number of amides is 1. The Balaban J connectivity index is 1.44. The lowest BCUT2D eigenvalue weighted by Crippen LogP contribution is -2.48. The summed E-state index contributed by atoms with van der Waals surface area (Å²) in [6, 6.07) is 4.38. The molecule has 0 spiro atoms. The number of nitrogens with zero attached hydrogens (tertiary/aromatic N) is 2. The summed E-state index contributed by atoms with van der Waals surface area (Å²) in [5.74, 6) is 1.40. The first-order valence-electron chi connectivity index (χ1n) is 7.84. The summed E-state index contributed by atoms with van der Waals surface area (Å²) in [4.78, 5) is 17.2. The highest BCUT2D eigenvalue weighted by Gasteiger charge is 2.44. The van der Waals surface area contributed by atoms with E-state index in [2.05, 4.69) is 17.1 Å². The Labute approximate surface area is 123 Å². The molecule has 0 unspecified atom stereocenters. The van der Waals surface area contributed by atoms with E-state index in [1.807, 2.05) is 6.20 Å². The highest BCUT2D eigenvalue weighted by atomic mass is 16.5. The van der Waals surface area contributed by atoms with E-state index in [0.29, 0.717) is 11.8 Å². The number of hydrogen-bond donors (Lipinski definition) is 1. The van der Waals surface area contributed by atoms with E-state index in [-0.39, 0.29) is 18.2 Å². The van der Waals surface area contributed by atoms with Crippen molar-refractivity contribution < 1.29 is 14.6 Å². The van der Waals surface area contributed by atoms with Crippen molar-refractivity contribution in [3.63, 3.8) is 0 Å². The summed E-state index contributed by atoms with van der Waals surface area (Å²) in [5, 5.41) is 9.27. The van der Waals surface area contributed by atoms with E-state index in [9.17, 15) is 9.90 Å². The summed E-state index contributed by atoms with van der Waals surface area (Å²) < 4.78 is 6.05. The molecule has 2 bridgehead atoms. The maximum absolute atomic E-state index is 11.3. The van der Waals surface area contributed by atoms with Gasteiger partial charge < -0.3 is 14.7 Å². The van der Waals surface area contributed by atoms with Crippen LogP contribution in [0.15, 0.2) is 18.3 Å². The molecule has 2 saturated heterocycles. The van der Waals surface area contributed by atoms with Gasteiger partial charge in [0.1, 0.15) is 6.10 Å². The van der Waals surface area contributed by atoms with E-state index < -0.39 is 6.09 Å². The minimum atomic E-state index is -0.783. The van der Waals surface area contributed by atoms with Gasteiger partial charge in [-0.25, -0.2) is 9.78 Å². The first-order valence-corrected chi connectivity index (χ1v) is 7.84. The number of carboxylic acid groups (broad SMARTS) is 1. The second kappa shape index (κ2) is 4.90. The highest BCUT2D eigenvalue weighted by Crippen LogP contribution is 2.41. The second-order valence-electron chi connectivity index (χ2n) is 6.49. The molecule has 1 aliphatic carbocycles. The van der Waals surface area contributed by atoms with Crippen LogP contribution in [0.25, 0.3) is 0 Å². The molecule has 112 valence electrons. The van der Waals surface area contributed by atoms with Crippen molar-refractivity contribution in [1.82, 2.24) is 9.88 Å². The Bertz CT molecular complexity index is 544. The van der Waals surface area contributed by atoms with Gasteiger partial charge in [-0.2, -0.15) is 0 Å². The lowest BCUT2D eigenvalue weighted by atomic mass is 10.0. The van der Waals surface area contributed by atoms with Gasteiger partial charge in [-0.3, -0.25) is 0 Å². The maximum Gasteiger partial charge on any atom is 0.407 e. The number of ether oxygens (including phenoxy) is 1. The van der Waals surface area contributed by atoms with Crippen molar-refractivity contribution in [2.75, 3.05) is 0 Å². The molecule has 5 heteroatoms. The fourth-order valence-electron chi connectivity index (χ4n) is 3.87. The Morgan fingerprint density at radius 1 is 1.24 bits per heavy atom. The van der Waals surface area contributed by atoms with Gasteiger partial charge in [-0.05, 0) is 43.2 Å². The lowest BCUT2D eigenvalue weighted by Gasteiger charge is -2.36. The smallest absolute Gasteiger partial charge is 0.407 e. The Hall–Kier alpha value is -1.78. The van der Waals surface area contributed by atoms with Gasteiger partial charge in [0.15, 0.2) is 0 Å². The molecule has 1 N–H and O–H groups in total. The predicted octanol–water partition coefficient (Wildman–Crippen LogP) is 3.01. The predicted molar refractivity (Wildman–Crippen MR) is 76.5 cm³/mol. The Morgan fingerprint density at radius 2 is 1.95 bits per heavy atom. The van der Waals surface area contributed by atoms with Crippen molar-refractivity contribution in [2.45, 2.75) is 62.6 Å². The summed E-state index contributed by atoms with van der Waals surface area (Å²) >= 11 is 0. The van der Waals surface area contributed by atoms with Gasteiger partial charge in [0.2, 0.25) is 5.88 Å². The van der Waals surface area contributed by atoms with Crippen LogP contribution >= 0.6 is 0 Å². The SMILES string of the molecule is O=C(O)N1[C@@H]2CC[C@H]1C[C@@H](Oc1cc(C3CC3)ccn1)C2. The molecule has 21 heavy (non-hydrogen) atoms. The molecule has 3 heterocycles. The molecule has 0 aromatic carbocycles. The minimum Gasteiger partial charge on any atom is -0.474 e. The van der Waals surface area contributed by atoms with Gasteiger partial charge in [-0.1, -0.05) is 0 Å². The Morgan fingerprint density at radius 3 is 2.57 bits per heavy atom. The van der Waals surface area contributed by atoms with Crippen LogP contribution in [0, 0.1) is 0 Å². The molecule has 1 amide bonds. The topological polar surface area (TPSA) is 62.7 Å². The van der Waals surface area contributed by atoms with Gasteiger partial charge in [0, 0.05) is 37.2 Å². The lowest BCUT2D eigenvalue weighted by molar-refractivity contribution is 0.0476. The van der Waals surface area contributed by atoms with Crippen LogP contribution in [0.5, 0.6) is 5.88 Å². The molecular weight excluding hydrogens is 268 g/mol. The van der Waals surface area contributed by atoms with E-state index in [4.69, 9.17) is 4.74 Å². The van der Waals surface area contributed by atoms with Gasteiger partial charge >= 0.3 is 6.09 Å². The van der Waals surface area contributed by atoms with Crippen LogP contribution in [0.4, 0.5) is 4.79 Å². The standard InChI is InChI=1S/C16H20N2O3/c19-16(20)18-12-3-4-13(18)9-14(8-12)21-15-7-11(5-6-17-15)10-1-2-10/h5-7,10,12-14H,1-4,8-9H2,(H,19,20)/t12-,13+,14+. The minimum absolute atomic E-state index is 0.0973. The van der Waals surface area contributed by atoms with Crippen LogP contribution in [0.3, 0.4) is 0 Å². The largest absolute Gasteiger partial charge is 0.474 e. The molecule has 3 atom stereocenters. The zero-order chi connectivity index (χ0) is 14.4. The molecule has 4 rings (SSSR count). The number of pyridine rings is 1. The van der Waals surface area contributed by atoms with Crippen molar-refractivity contribution in [1.29, 1.82) is 0 Å². The quantitative estimate of drug-likeness (QED) is 0.928. The van der Waals surface area contributed by atoms with Crippen LogP contribution < -0.4 is 4.74 Å². The molecule has 1 aromatic rings. The normalized spacial score (nSPS) is 31.2. The summed E-state index contributed by atoms with van der Waals surface area (Å²) in [6.07, 6.45) is 7.18. The molecule has 3 fully saturated rings. The maximum atomic E-state index is 11.3. The number of fused-ring (bicyclic) bond motifs is 2. The second-order valence-corrected chi connectivity index (χ2v) is 6.49. The third kappa shape index (κ3) is 2.45. The molecule has 2 aliphatic heterocycles.